The Morgan fingerprint density at radius 2 is 1.94 bits per heavy atom. The van der Waals surface area contributed by atoms with E-state index < -0.39 is 21.9 Å². The highest BCUT2D eigenvalue weighted by Crippen LogP contribution is 2.25. The molecule has 3 N–H and O–H groups in total. The van der Waals surface area contributed by atoms with Crippen molar-refractivity contribution in [1.29, 1.82) is 0 Å². The number of hydrogen-bond donors (Lipinski definition) is 3. The van der Waals surface area contributed by atoms with Crippen LogP contribution in [0.2, 0.25) is 0 Å². The molecule has 0 bridgehead atoms. The number of aromatic amines is 1. The molecule has 2 atom stereocenters. The van der Waals surface area contributed by atoms with E-state index in [0.29, 0.717) is 32.4 Å². The first-order valence-electron chi connectivity index (χ1n) is 11.7. The summed E-state index contributed by atoms with van der Waals surface area (Å²) in [7, 11) is -3.09. The lowest BCUT2D eigenvalue weighted by atomic mass is 9.91. The molecule has 2 heterocycles. The molecule has 10 heteroatoms. The van der Waals surface area contributed by atoms with Crippen LogP contribution in [-0.4, -0.2) is 72.3 Å². The van der Waals surface area contributed by atoms with E-state index in [1.807, 2.05) is 38.1 Å². The Morgan fingerprint density at radius 1 is 1.21 bits per heavy atom. The van der Waals surface area contributed by atoms with Gasteiger partial charge in [-0.15, -0.1) is 0 Å². The number of fused-ring (bicyclic) bond motifs is 1. The maximum atomic E-state index is 13.7. The topological polar surface area (TPSA) is 124 Å². The fourth-order valence-electron chi connectivity index (χ4n) is 4.22. The summed E-state index contributed by atoms with van der Waals surface area (Å²) in [6.45, 7) is 5.20. The average Bonchev–Trinajstić information content (AvgIpc) is 3.31. The molecule has 0 saturated carbocycles. The van der Waals surface area contributed by atoms with Crippen molar-refractivity contribution in [2.45, 2.75) is 51.7 Å². The van der Waals surface area contributed by atoms with Gasteiger partial charge >= 0.3 is 0 Å². The molecule has 0 saturated heterocycles. The Bertz CT molecular complexity index is 1070. The van der Waals surface area contributed by atoms with Crippen LogP contribution < -0.4 is 10.6 Å². The highest BCUT2D eigenvalue weighted by atomic mass is 32.2. The molecule has 3 rings (SSSR count). The summed E-state index contributed by atoms with van der Waals surface area (Å²) in [5.41, 5.74) is 3.08. The number of benzene rings is 1. The Balaban J connectivity index is 1.72. The van der Waals surface area contributed by atoms with Crippen molar-refractivity contribution in [2.24, 2.45) is 5.92 Å². The molecule has 1 aliphatic rings. The van der Waals surface area contributed by atoms with Gasteiger partial charge in [0.15, 0.2) is 0 Å². The van der Waals surface area contributed by atoms with Crippen LogP contribution in [0.4, 0.5) is 0 Å². The van der Waals surface area contributed by atoms with Crippen LogP contribution in [-0.2, 0) is 38.8 Å². The Hall–Kier alpha value is -2.72. The van der Waals surface area contributed by atoms with Gasteiger partial charge in [0.25, 0.3) is 0 Å². The Morgan fingerprint density at radius 3 is 2.59 bits per heavy atom. The van der Waals surface area contributed by atoms with Gasteiger partial charge in [-0.05, 0) is 23.5 Å². The Labute approximate surface area is 201 Å². The van der Waals surface area contributed by atoms with Crippen LogP contribution in [0.5, 0.6) is 0 Å². The zero-order valence-corrected chi connectivity index (χ0v) is 20.9. The highest BCUT2D eigenvalue weighted by Gasteiger charge is 2.38. The zero-order valence-electron chi connectivity index (χ0n) is 20.1. The predicted octanol–water partition coefficient (Wildman–Crippen LogP) is 1.07. The van der Waals surface area contributed by atoms with Crippen LogP contribution in [0.15, 0.2) is 36.8 Å². The van der Waals surface area contributed by atoms with E-state index in [-0.39, 0.29) is 30.0 Å². The van der Waals surface area contributed by atoms with Crippen LogP contribution in [0, 0.1) is 5.92 Å². The van der Waals surface area contributed by atoms with Crippen molar-refractivity contribution in [1.82, 2.24) is 25.5 Å². The molecule has 0 unspecified atom stereocenters. The van der Waals surface area contributed by atoms with E-state index in [1.54, 1.807) is 17.4 Å². The van der Waals surface area contributed by atoms with Gasteiger partial charge in [0.05, 0.1) is 18.1 Å². The van der Waals surface area contributed by atoms with Gasteiger partial charge in [-0.3, -0.25) is 9.59 Å². The quantitative estimate of drug-likeness (QED) is 0.406. The third-order valence-electron chi connectivity index (χ3n) is 6.07. The van der Waals surface area contributed by atoms with Crippen molar-refractivity contribution >= 4 is 21.7 Å². The maximum absolute atomic E-state index is 13.7. The molecular weight excluding hydrogens is 454 g/mol. The summed E-state index contributed by atoms with van der Waals surface area (Å²) < 4.78 is 22.8. The minimum Gasteiger partial charge on any atom is -0.354 e. The number of H-pyrrole nitrogens is 1. The molecule has 1 aromatic heterocycles. The first-order chi connectivity index (χ1) is 16.2. The van der Waals surface area contributed by atoms with Crippen LogP contribution in [0.3, 0.4) is 0 Å². The highest BCUT2D eigenvalue weighted by molar-refractivity contribution is 7.90. The summed E-state index contributed by atoms with van der Waals surface area (Å²) in [6, 6.07) is 6.78. The van der Waals surface area contributed by atoms with Crippen LogP contribution in [0.1, 0.15) is 37.1 Å². The van der Waals surface area contributed by atoms with Gasteiger partial charge in [-0.2, -0.15) is 0 Å². The van der Waals surface area contributed by atoms with Crippen molar-refractivity contribution in [3.63, 3.8) is 0 Å². The average molecular weight is 490 g/mol. The van der Waals surface area contributed by atoms with Crippen LogP contribution in [0.25, 0.3) is 0 Å². The van der Waals surface area contributed by atoms with E-state index in [4.69, 9.17) is 0 Å². The number of carbonyl (C=O) groups is 2. The van der Waals surface area contributed by atoms with E-state index in [9.17, 15) is 18.0 Å². The lowest BCUT2D eigenvalue weighted by Crippen LogP contribution is -2.58. The number of carbonyl (C=O) groups excluding carboxylic acids is 2. The second kappa shape index (κ2) is 11.6. The molecule has 1 aliphatic heterocycles. The number of nitrogens with one attached hydrogen (secondary N) is 3. The molecule has 186 valence electrons. The van der Waals surface area contributed by atoms with Gasteiger partial charge in [0.2, 0.25) is 11.8 Å². The number of nitrogens with zero attached hydrogens (tertiary/aromatic N) is 2. The van der Waals surface area contributed by atoms with E-state index in [2.05, 4.69) is 20.6 Å². The first kappa shape index (κ1) is 25.9. The molecule has 34 heavy (non-hydrogen) atoms. The summed E-state index contributed by atoms with van der Waals surface area (Å²) in [5.74, 6) is -0.314. The second-order valence-electron chi connectivity index (χ2n) is 9.23. The zero-order chi connectivity index (χ0) is 24.7. The normalized spacial score (nSPS) is 16.8. The standard InChI is InChI=1S/C24H35N5O4S/c1-17(2)22(26-11-9-20-14-25-16-28-20)24(31)29-15-19-8-5-4-7-18(19)13-21(29)23(30)27-10-6-12-34(3,32)33/h4-5,7-8,14,16-17,21-22,26H,6,9-13,15H2,1-3H3,(H,25,28)(H,27,30)/t21-,22-/m0/s1. The maximum Gasteiger partial charge on any atom is 0.243 e. The summed E-state index contributed by atoms with van der Waals surface area (Å²) in [4.78, 5) is 35.6. The summed E-state index contributed by atoms with van der Waals surface area (Å²) in [5, 5.41) is 6.21. The number of amides is 2. The summed E-state index contributed by atoms with van der Waals surface area (Å²) >= 11 is 0. The van der Waals surface area contributed by atoms with Gasteiger partial charge in [-0.1, -0.05) is 38.1 Å². The third kappa shape index (κ3) is 7.14. The van der Waals surface area contributed by atoms with Crippen LogP contribution >= 0.6 is 0 Å². The lowest BCUT2D eigenvalue weighted by Gasteiger charge is -2.39. The number of aromatic nitrogens is 2. The van der Waals surface area contributed by atoms with Gasteiger partial charge in [-0.25, -0.2) is 13.4 Å². The first-order valence-corrected chi connectivity index (χ1v) is 13.7. The van der Waals surface area contributed by atoms with Crippen molar-refractivity contribution in [2.75, 3.05) is 25.1 Å². The fourth-order valence-corrected chi connectivity index (χ4v) is 4.89. The van der Waals surface area contributed by atoms with Crippen molar-refractivity contribution in [3.8, 4) is 0 Å². The van der Waals surface area contributed by atoms with Crippen molar-refractivity contribution < 1.29 is 18.0 Å². The molecule has 0 spiro atoms. The van der Waals surface area contributed by atoms with Gasteiger partial charge in [0.1, 0.15) is 15.9 Å². The molecule has 0 fully saturated rings. The minimum atomic E-state index is -3.09. The van der Waals surface area contributed by atoms with E-state index in [0.717, 1.165) is 16.8 Å². The lowest BCUT2D eigenvalue weighted by molar-refractivity contribution is -0.144. The Kier molecular flexibility index (Phi) is 8.84. The molecule has 0 aliphatic carbocycles. The summed E-state index contributed by atoms with van der Waals surface area (Å²) in [6.07, 6.45) is 6.05. The molecule has 9 nitrogen and oxygen atoms in total. The SMILES string of the molecule is CC(C)[C@H](NCCc1cnc[nH]1)C(=O)N1Cc2ccccc2C[C@H]1C(=O)NCCCS(C)(=O)=O. The molecule has 2 amide bonds. The molecule has 2 aromatic rings. The smallest absolute Gasteiger partial charge is 0.243 e. The minimum absolute atomic E-state index is 0.0130. The predicted molar refractivity (Wildman–Crippen MR) is 131 cm³/mol. The third-order valence-corrected chi connectivity index (χ3v) is 7.10. The fraction of sp³-hybridized carbons (Fsp3) is 0.542. The van der Waals surface area contributed by atoms with Crippen molar-refractivity contribution in [3.05, 3.63) is 53.6 Å². The number of sulfone groups is 1. The second-order valence-corrected chi connectivity index (χ2v) is 11.5. The molecule has 0 radical (unpaired) electrons. The van der Waals surface area contributed by atoms with E-state index in [1.165, 1.54) is 6.26 Å². The number of rotatable bonds is 11. The number of imidazole rings is 1. The largest absolute Gasteiger partial charge is 0.354 e. The van der Waals surface area contributed by atoms with Gasteiger partial charge < -0.3 is 20.5 Å². The van der Waals surface area contributed by atoms with Gasteiger partial charge in [0, 0.05) is 50.6 Å². The molecule has 1 aromatic carbocycles. The van der Waals surface area contributed by atoms with E-state index >= 15 is 0 Å². The molecular formula is C24H35N5O4S. The monoisotopic (exact) mass is 489 g/mol. The number of hydrogen-bond acceptors (Lipinski definition) is 6.